The van der Waals surface area contributed by atoms with Crippen molar-refractivity contribution in [1.29, 1.82) is 0 Å². The Kier molecular flexibility index (Phi) is 5.69. The summed E-state index contributed by atoms with van der Waals surface area (Å²) >= 11 is 0. The maximum atomic E-state index is 11.7. The van der Waals surface area contributed by atoms with Crippen molar-refractivity contribution in [3.8, 4) is 0 Å². The van der Waals surface area contributed by atoms with Crippen LogP contribution in [0.2, 0.25) is 0 Å². The molecule has 0 aromatic rings. The van der Waals surface area contributed by atoms with E-state index in [-0.39, 0.29) is 11.9 Å². The summed E-state index contributed by atoms with van der Waals surface area (Å²) in [7, 11) is 0. The third kappa shape index (κ3) is 4.90. The van der Waals surface area contributed by atoms with Crippen LogP contribution in [0.15, 0.2) is 12.7 Å². The van der Waals surface area contributed by atoms with Crippen LogP contribution in [0, 0.1) is 5.41 Å². The highest BCUT2D eigenvalue weighted by Gasteiger charge is 2.27. The molecule has 0 aromatic heterocycles. The van der Waals surface area contributed by atoms with Crippen LogP contribution in [-0.2, 0) is 4.79 Å². The van der Waals surface area contributed by atoms with Crippen LogP contribution in [0.3, 0.4) is 0 Å². The lowest BCUT2D eigenvalue weighted by Crippen LogP contribution is -2.46. The smallest absolute Gasteiger partial charge is 0.237 e. The number of hydrogen-bond acceptors (Lipinski definition) is 2. The summed E-state index contributed by atoms with van der Waals surface area (Å²) in [5.41, 5.74) is 0.380. The molecule has 0 spiro atoms. The zero-order valence-electron chi connectivity index (χ0n) is 11.2. The Morgan fingerprint density at radius 1 is 1.41 bits per heavy atom. The molecule has 1 aliphatic carbocycles. The molecule has 2 N–H and O–H groups in total. The summed E-state index contributed by atoms with van der Waals surface area (Å²) in [4.78, 5) is 11.7. The van der Waals surface area contributed by atoms with Gasteiger partial charge < -0.3 is 10.6 Å². The van der Waals surface area contributed by atoms with E-state index in [1.165, 1.54) is 32.1 Å². The molecule has 0 bridgehead atoms. The molecule has 0 aliphatic heterocycles. The molecule has 1 rings (SSSR count). The van der Waals surface area contributed by atoms with Gasteiger partial charge in [-0.15, -0.1) is 6.58 Å². The SMILES string of the molecule is C=CCNC(=O)C(C)NCC1(C)CCCCC1. The molecule has 0 radical (unpaired) electrons. The van der Waals surface area contributed by atoms with Crippen molar-refractivity contribution in [3.63, 3.8) is 0 Å². The molecule has 1 atom stereocenters. The van der Waals surface area contributed by atoms with Gasteiger partial charge >= 0.3 is 0 Å². The van der Waals surface area contributed by atoms with Gasteiger partial charge in [-0.3, -0.25) is 4.79 Å². The lowest BCUT2D eigenvalue weighted by Gasteiger charge is -2.34. The van der Waals surface area contributed by atoms with E-state index in [0.29, 0.717) is 12.0 Å². The van der Waals surface area contributed by atoms with Crippen molar-refractivity contribution >= 4 is 5.91 Å². The van der Waals surface area contributed by atoms with Crippen LogP contribution in [0.4, 0.5) is 0 Å². The molecule has 1 unspecified atom stereocenters. The van der Waals surface area contributed by atoms with Gasteiger partial charge in [0.1, 0.15) is 0 Å². The minimum atomic E-state index is -0.117. The number of carbonyl (C=O) groups excluding carboxylic acids is 1. The van der Waals surface area contributed by atoms with Gasteiger partial charge in [0.15, 0.2) is 0 Å². The Hall–Kier alpha value is -0.830. The Labute approximate surface area is 105 Å². The van der Waals surface area contributed by atoms with Gasteiger partial charge in [-0.05, 0) is 25.2 Å². The molecule has 0 aromatic carbocycles. The first kappa shape index (κ1) is 14.2. The number of nitrogens with one attached hydrogen (secondary N) is 2. The maximum Gasteiger partial charge on any atom is 0.237 e. The first-order valence-electron chi connectivity index (χ1n) is 6.69. The first-order valence-corrected chi connectivity index (χ1v) is 6.69. The van der Waals surface area contributed by atoms with E-state index in [9.17, 15) is 4.79 Å². The molecule has 1 aliphatic rings. The Morgan fingerprint density at radius 3 is 2.65 bits per heavy atom. The Balaban J connectivity index is 2.28. The fourth-order valence-corrected chi connectivity index (χ4v) is 2.40. The average molecular weight is 238 g/mol. The molecular formula is C14H26N2O. The minimum Gasteiger partial charge on any atom is -0.351 e. The van der Waals surface area contributed by atoms with Crippen molar-refractivity contribution in [2.45, 2.75) is 52.0 Å². The van der Waals surface area contributed by atoms with Crippen LogP contribution < -0.4 is 10.6 Å². The van der Waals surface area contributed by atoms with Crippen molar-refractivity contribution in [2.24, 2.45) is 5.41 Å². The fraction of sp³-hybridized carbons (Fsp3) is 0.786. The molecule has 0 heterocycles. The predicted molar refractivity (Wildman–Crippen MR) is 71.9 cm³/mol. The van der Waals surface area contributed by atoms with Gasteiger partial charge in [0, 0.05) is 13.1 Å². The summed E-state index contributed by atoms with van der Waals surface area (Å²) in [6.07, 6.45) is 8.28. The third-order valence-electron chi connectivity index (χ3n) is 3.71. The Bertz CT molecular complexity index is 257. The third-order valence-corrected chi connectivity index (χ3v) is 3.71. The molecular weight excluding hydrogens is 212 g/mol. The normalized spacial score (nSPS) is 20.6. The number of hydrogen-bond donors (Lipinski definition) is 2. The topological polar surface area (TPSA) is 41.1 Å². The molecule has 3 nitrogen and oxygen atoms in total. The van der Waals surface area contributed by atoms with Gasteiger partial charge in [-0.1, -0.05) is 32.3 Å². The maximum absolute atomic E-state index is 11.7. The summed E-state index contributed by atoms with van der Waals surface area (Å²) < 4.78 is 0. The highest BCUT2D eigenvalue weighted by atomic mass is 16.2. The zero-order valence-corrected chi connectivity index (χ0v) is 11.2. The Morgan fingerprint density at radius 2 is 2.06 bits per heavy atom. The monoisotopic (exact) mass is 238 g/mol. The van der Waals surface area contributed by atoms with Crippen molar-refractivity contribution < 1.29 is 4.79 Å². The van der Waals surface area contributed by atoms with E-state index in [2.05, 4.69) is 24.1 Å². The van der Waals surface area contributed by atoms with Gasteiger partial charge in [-0.2, -0.15) is 0 Å². The summed E-state index contributed by atoms with van der Waals surface area (Å²) in [6.45, 7) is 9.32. The van der Waals surface area contributed by atoms with Crippen LogP contribution in [0.5, 0.6) is 0 Å². The van der Waals surface area contributed by atoms with Crippen LogP contribution >= 0.6 is 0 Å². The highest BCUT2D eigenvalue weighted by Crippen LogP contribution is 2.34. The van der Waals surface area contributed by atoms with E-state index < -0.39 is 0 Å². The predicted octanol–water partition coefficient (Wildman–Crippen LogP) is 2.24. The molecule has 98 valence electrons. The molecule has 17 heavy (non-hydrogen) atoms. The van der Waals surface area contributed by atoms with Crippen LogP contribution in [-0.4, -0.2) is 25.0 Å². The zero-order chi connectivity index (χ0) is 12.7. The summed E-state index contributed by atoms with van der Waals surface area (Å²) in [5.74, 6) is 0.0595. The van der Waals surface area contributed by atoms with Crippen molar-refractivity contribution in [3.05, 3.63) is 12.7 Å². The summed E-state index contributed by atoms with van der Waals surface area (Å²) in [6, 6.07) is -0.117. The second-order valence-corrected chi connectivity index (χ2v) is 5.51. The molecule has 3 heteroatoms. The molecule has 1 fully saturated rings. The summed E-state index contributed by atoms with van der Waals surface area (Å²) in [5, 5.41) is 6.17. The molecule has 0 saturated heterocycles. The second kappa shape index (κ2) is 6.80. The number of rotatable bonds is 6. The van der Waals surface area contributed by atoms with E-state index in [4.69, 9.17) is 0 Å². The van der Waals surface area contributed by atoms with Gasteiger partial charge in [0.25, 0.3) is 0 Å². The lowest BCUT2D eigenvalue weighted by molar-refractivity contribution is -0.122. The highest BCUT2D eigenvalue weighted by molar-refractivity contribution is 5.81. The van der Waals surface area contributed by atoms with Gasteiger partial charge in [0.05, 0.1) is 6.04 Å². The largest absolute Gasteiger partial charge is 0.351 e. The standard InChI is InChI=1S/C14H26N2O/c1-4-10-15-13(17)12(2)16-11-14(3)8-6-5-7-9-14/h4,12,16H,1,5-11H2,2-3H3,(H,15,17). The molecule has 1 amide bonds. The average Bonchev–Trinajstić information content (AvgIpc) is 2.34. The van der Waals surface area contributed by atoms with Gasteiger partial charge in [-0.25, -0.2) is 0 Å². The molecule has 1 saturated carbocycles. The van der Waals surface area contributed by atoms with E-state index in [1.54, 1.807) is 6.08 Å². The fourth-order valence-electron chi connectivity index (χ4n) is 2.40. The minimum absolute atomic E-state index is 0.0595. The van der Waals surface area contributed by atoms with E-state index in [1.807, 2.05) is 6.92 Å². The van der Waals surface area contributed by atoms with E-state index >= 15 is 0 Å². The lowest BCUT2D eigenvalue weighted by atomic mass is 9.75. The van der Waals surface area contributed by atoms with Gasteiger partial charge in [0.2, 0.25) is 5.91 Å². The number of carbonyl (C=O) groups is 1. The first-order chi connectivity index (χ1) is 8.07. The van der Waals surface area contributed by atoms with Crippen LogP contribution in [0.1, 0.15) is 46.0 Å². The second-order valence-electron chi connectivity index (χ2n) is 5.51. The van der Waals surface area contributed by atoms with Crippen molar-refractivity contribution in [1.82, 2.24) is 10.6 Å². The quantitative estimate of drug-likeness (QED) is 0.697. The number of amides is 1. The van der Waals surface area contributed by atoms with Crippen molar-refractivity contribution in [2.75, 3.05) is 13.1 Å². The van der Waals surface area contributed by atoms with Crippen LogP contribution in [0.25, 0.3) is 0 Å². The van der Waals surface area contributed by atoms with E-state index in [0.717, 1.165) is 6.54 Å².